The Morgan fingerprint density at radius 1 is 0.870 bits per heavy atom. The van der Waals surface area contributed by atoms with Gasteiger partial charge in [-0.05, 0) is 80.3 Å². The molecule has 14 heteroatoms. The topological polar surface area (TPSA) is 167 Å². The first-order chi connectivity index (χ1) is 25.5. The molecule has 0 aliphatic heterocycles. The van der Waals surface area contributed by atoms with Crippen LogP contribution < -0.4 is 24.8 Å². The highest BCUT2D eigenvalue weighted by molar-refractivity contribution is 7.92. The minimum absolute atomic E-state index is 0.0132. The molecule has 54 heavy (non-hydrogen) atoms. The van der Waals surface area contributed by atoms with Gasteiger partial charge in [0.05, 0.1) is 35.8 Å². The van der Waals surface area contributed by atoms with Crippen molar-refractivity contribution in [3.05, 3.63) is 119 Å². The lowest BCUT2D eigenvalue weighted by molar-refractivity contribution is 0.102. The Bertz CT molecular complexity index is 2590. The van der Waals surface area contributed by atoms with Gasteiger partial charge >= 0.3 is 0 Å². The van der Waals surface area contributed by atoms with Gasteiger partial charge in [0, 0.05) is 40.4 Å². The molecule has 0 aliphatic rings. The smallest absolute Gasteiger partial charge is 0.255 e. The Balaban J connectivity index is 1.47. The van der Waals surface area contributed by atoms with Gasteiger partial charge in [-0.3, -0.25) is 14.2 Å². The fourth-order valence-electron chi connectivity index (χ4n) is 5.76. The lowest BCUT2D eigenvalue weighted by Gasteiger charge is -2.18. The van der Waals surface area contributed by atoms with Crippen LogP contribution in [0.4, 0.5) is 28.4 Å². The molecule has 5 aromatic rings. The van der Waals surface area contributed by atoms with E-state index in [9.17, 15) is 26.7 Å². The standard InChI is InChI=1S/C40H39N5O7S2/c1-7-27(21-28-15-14-25(2)20-26(28)3)18-19-42-30-16-17-36(34(23-30)41-4)52-37-24-35(39(46)38-32(37)12-9-13-33(38)45-54(6,50)51)43-40(47)29-10-8-11-31(22-29)44-53(5,48)49/h8-17,20,22-24,27,42,44-46H,7,21H2,1-3,5-6H3,(H,43,47). The van der Waals surface area contributed by atoms with Crippen LogP contribution in [0.1, 0.15) is 40.4 Å². The van der Waals surface area contributed by atoms with E-state index in [2.05, 4.69) is 75.9 Å². The molecule has 0 spiro atoms. The predicted octanol–water partition coefficient (Wildman–Crippen LogP) is 8.14. The summed E-state index contributed by atoms with van der Waals surface area (Å²) in [4.78, 5) is 17.0. The number of amides is 1. The van der Waals surface area contributed by atoms with Gasteiger partial charge < -0.3 is 20.5 Å². The normalized spacial score (nSPS) is 11.8. The maximum absolute atomic E-state index is 13.4. The molecule has 1 unspecified atom stereocenters. The third kappa shape index (κ3) is 10.0. The molecule has 12 nitrogen and oxygen atoms in total. The highest BCUT2D eigenvalue weighted by Crippen LogP contribution is 2.46. The predicted molar refractivity (Wildman–Crippen MR) is 215 cm³/mol. The third-order valence-electron chi connectivity index (χ3n) is 8.31. The molecule has 0 aromatic heterocycles. The van der Waals surface area contributed by atoms with Gasteiger partial charge in [0.25, 0.3) is 5.91 Å². The number of benzene rings is 5. The molecule has 0 heterocycles. The zero-order valence-electron chi connectivity index (χ0n) is 30.2. The van der Waals surface area contributed by atoms with E-state index in [1.54, 1.807) is 30.3 Å². The second kappa shape index (κ2) is 16.2. The molecular weight excluding hydrogens is 727 g/mol. The van der Waals surface area contributed by atoms with Gasteiger partial charge in [0.2, 0.25) is 25.7 Å². The number of ether oxygens (including phenoxy) is 1. The molecule has 1 atom stereocenters. The number of hydrogen-bond donors (Lipinski definition) is 5. The van der Waals surface area contributed by atoms with Crippen LogP contribution in [0, 0.1) is 38.3 Å². The zero-order valence-corrected chi connectivity index (χ0v) is 31.9. The third-order valence-corrected chi connectivity index (χ3v) is 9.51. The molecule has 5 rings (SSSR count). The summed E-state index contributed by atoms with van der Waals surface area (Å²) >= 11 is 0. The lowest BCUT2D eigenvalue weighted by atomic mass is 9.94. The van der Waals surface area contributed by atoms with E-state index in [4.69, 9.17) is 11.3 Å². The van der Waals surface area contributed by atoms with Crippen LogP contribution in [0.25, 0.3) is 15.6 Å². The van der Waals surface area contributed by atoms with Gasteiger partial charge in [0.1, 0.15) is 17.2 Å². The minimum atomic E-state index is -3.81. The Kier molecular flexibility index (Phi) is 11.7. The van der Waals surface area contributed by atoms with Crippen LogP contribution in [0.15, 0.2) is 84.9 Å². The minimum Gasteiger partial charge on any atom is -0.505 e. The second-order valence-electron chi connectivity index (χ2n) is 12.8. The zero-order chi connectivity index (χ0) is 39.2. The summed E-state index contributed by atoms with van der Waals surface area (Å²) in [7, 11) is -7.43. The van der Waals surface area contributed by atoms with E-state index in [0.29, 0.717) is 5.69 Å². The molecule has 1 amide bonds. The van der Waals surface area contributed by atoms with E-state index in [1.807, 2.05) is 0 Å². The Morgan fingerprint density at radius 3 is 2.30 bits per heavy atom. The van der Waals surface area contributed by atoms with E-state index < -0.39 is 31.7 Å². The van der Waals surface area contributed by atoms with Gasteiger partial charge in [-0.1, -0.05) is 54.8 Å². The van der Waals surface area contributed by atoms with E-state index in [-0.39, 0.29) is 56.5 Å². The van der Waals surface area contributed by atoms with E-state index in [1.165, 1.54) is 53.1 Å². The van der Waals surface area contributed by atoms with E-state index in [0.717, 1.165) is 25.4 Å². The number of carbonyl (C=O) groups excluding carboxylic acids is 1. The Hall–Kier alpha value is -6.22. The van der Waals surface area contributed by atoms with Gasteiger partial charge in [0.15, 0.2) is 0 Å². The molecule has 0 fully saturated rings. The molecule has 0 radical (unpaired) electrons. The quantitative estimate of drug-likeness (QED) is 0.0367. The lowest BCUT2D eigenvalue weighted by Crippen LogP contribution is -2.14. The number of rotatable bonds is 12. The molecular formula is C40H39N5O7S2. The van der Waals surface area contributed by atoms with Crippen molar-refractivity contribution in [3.8, 4) is 29.2 Å². The summed E-state index contributed by atoms with van der Waals surface area (Å²) in [6.07, 6.45) is 3.61. The Morgan fingerprint density at radius 2 is 1.61 bits per heavy atom. The average Bonchev–Trinajstić information content (AvgIpc) is 3.09. The number of hydrogen-bond acceptors (Lipinski definition) is 8. The van der Waals surface area contributed by atoms with Crippen molar-refractivity contribution in [1.29, 1.82) is 0 Å². The number of fused-ring (bicyclic) bond motifs is 1. The first-order valence-corrected chi connectivity index (χ1v) is 20.5. The van der Waals surface area contributed by atoms with Gasteiger partial charge in [-0.15, -0.1) is 0 Å². The summed E-state index contributed by atoms with van der Waals surface area (Å²) in [6, 6.07) is 26.0. The maximum atomic E-state index is 13.4. The summed E-state index contributed by atoms with van der Waals surface area (Å²) in [5.41, 5.74) is 4.47. The first-order valence-electron chi connectivity index (χ1n) is 16.7. The molecule has 0 saturated heterocycles. The van der Waals surface area contributed by atoms with Crippen LogP contribution in [0.3, 0.4) is 0 Å². The molecule has 0 aliphatic carbocycles. The van der Waals surface area contributed by atoms with Crippen LogP contribution in [0.2, 0.25) is 0 Å². The van der Waals surface area contributed by atoms with Crippen molar-refractivity contribution >= 4 is 65.2 Å². The number of phenolic OH excluding ortho intramolecular Hbond substituents is 1. The van der Waals surface area contributed by atoms with Crippen molar-refractivity contribution in [1.82, 2.24) is 0 Å². The number of nitrogens with zero attached hydrogens (tertiary/aromatic N) is 1. The summed E-state index contributed by atoms with van der Waals surface area (Å²) in [5, 5.41) is 17.4. The first kappa shape index (κ1) is 39.0. The number of nitrogens with one attached hydrogen (secondary N) is 4. The molecule has 278 valence electrons. The van der Waals surface area contributed by atoms with Crippen molar-refractivity contribution in [2.24, 2.45) is 5.92 Å². The van der Waals surface area contributed by atoms with Crippen LogP contribution in [-0.4, -0.2) is 40.4 Å². The van der Waals surface area contributed by atoms with Crippen molar-refractivity contribution in [2.75, 3.05) is 32.6 Å². The molecule has 0 bridgehead atoms. The summed E-state index contributed by atoms with van der Waals surface area (Å²) in [5.74, 6) is 2.47. The number of aromatic hydroxyl groups is 1. The van der Waals surface area contributed by atoms with Gasteiger partial charge in [-0.25, -0.2) is 21.7 Å². The average molecular weight is 766 g/mol. The number of phenols is 1. The number of anilines is 4. The van der Waals surface area contributed by atoms with Crippen molar-refractivity contribution < 1.29 is 31.5 Å². The fourth-order valence-corrected chi connectivity index (χ4v) is 6.88. The Labute approximate surface area is 315 Å². The molecule has 0 saturated carbocycles. The van der Waals surface area contributed by atoms with Crippen LogP contribution in [-0.2, 0) is 26.5 Å². The number of sulfonamides is 2. The summed E-state index contributed by atoms with van der Waals surface area (Å²) < 4.78 is 59.0. The van der Waals surface area contributed by atoms with Gasteiger partial charge in [-0.2, -0.15) is 0 Å². The SMILES string of the molecule is [C-]#[N+]c1cc(NC#CC(CC)Cc2ccc(C)cc2C)ccc1Oc1cc(NC(=O)c2cccc(NS(C)(=O)=O)c2)c(O)c2c(NS(C)(=O)=O)cccc12. The largest absolute Gasteiger partial charge is 0.505 e. The summed E-state index contributed by atoms with van der Waals surface area (Å²) in [6.45, 7) is 14.1. The maximum Gasteiger partial charge on any atom is 0.255 e. The highest BCUT2D eigenvalue weighted by Gasteiger charge is 2.21. The van der Waals surface area contributed by atoms with E-state index >= 15 is 0 Å². The van der Waals surface area contributed by atoms with Crippen molar-refractivity contribution in [3.63, 3.8) is 0 Å². The molecule has 5 N–H and O–H groups in total. The molecule has 5 aromatic carbocycles. The number of aryl methyl sites for hydroxylation is 2. The van der Waals surface area contributed by atoms with Crippen LogP contribution >= 0.6 is 0 Å². The second-order valence-corrected chi connectivity index (χ2v) is 16.3. The monoisotopic (exact) mass is 765 g/mol. The van der Waals surface area contributed by atoms with Crippen molar-refractivity contribution in [2.45, 2.75) is 33.6 Å². The highest BCUT2D eigenvalue weighted by atomic mass is 32.2. The van der Waals surface area contributed by atoms with Crippen LogP contribution in [0.5, 0.6) is 17.2 Å². The fraction of sp³-hybridized carbons (Fsp3) is 0.200. The number of carbonyl (C=O) groups is 1.